The summed E-state index contributed by atoms with van der Waals surface area (Å²) < 4.78 is 0. The molecule has 1 saturated heterocycles. The lowest BCUT2D eigenvalue weighted by atomic mass is 10.2. The highest BCUT2D eigenvalue weighted by atomic mass is 16.1. The number of fused-ring (bicyclic) bond motifs is 1. The average Bonchev–Trinajstić information content (AvgIpc) is 3.01. The van der Waals surface area contributed by atoms with Gasteiger partial charge in [-0.1, -0.05) is 26.8 Å². The van der Waals surface area contributed by atoms with E-state index in [0.29, 0.717) is 5.82 Å². The highest BCUT2D eigenvalue weighted by molar-refractivity contribution is 5.91. The van der Waals surface area contributed by atoms with Gasteiger partial charge in [0, 0.05) is 26.2 Å². The number of piperazine rings is 1. The predicted molar refractivity (Wildman–Crippen MR) is 91.8 cm³/mol. The van der Waals surface area contributed by atoms with Crippen molar-refractivity contribution in [3.63, 3.8) is 0 Å². The monoisotopic (exact) mass is 302 g/mol. The maximum Gasteiger partial charge on any atom is 0.185 e. The lowest BCUT2D eigenvalue weighted by Crippen LogP contribution is -2.46. The fourth-order valence-electron chi connectivity index (χ4n) is 2.88. The zero-order valence-corrected chi connectivity index (χ0v) is 13.8. The third-order valence-electron chi connectivity index (χ3n) is 3.87. The Kier molecular flexibility index (Phi) is 5.95. The van der Waals surface area contributed by atoms with Crippen molar-refractivity contribution in [1.29, 1.82) is 0 Å². The Morgan fingerprint density at radius 3 is 2.59 bits per heavy atom. The van der Waals surface area contributed by atoms with Crippen molar-refractivity contribution in [3.05, 3.63) is 24.0 Å². The van der Waals surface area contributed by atoms with Gasteiger partial charge in [-0.25, -0.2) is 4.98 Å². The summed E-state index contributed by atoms with van der Waals surface area (Å²) in [6.07, 6.45) is 1.97. The lowest BCUT2D eigenvalue weighted by Gasteiger charge is -2.36. The van der Waals surface area contributed by atoms with Crippen LogP contribution in [0.2, 0.25) is 0 Å². The molecule has 1 aromatic carbocycles. The van der Waals surface area contributed by atoms with E-state index in [1.807, 2.05) is 26.0 Å². The molecule has 0 amide bonds. The molecule has 1 aliphatic rings. The summed E-state index contributed by atoms with van der Waals surface area (Å²) >= 11 is 0. The molecule has 3 rings (SSSR count). The molecule has 5 nitrogen and oxygen atoms in total. The van der Waals surface area contributed by atoms with Gasteiger partial charge in [0.1, 0.15) is 5.52 Å². The normalized spacial score (nSPS) is 15.5. The molecular weight excluding hydrogens is 276 g/mol. The molecule has 22 heavy (non-hydrogen) atoms. The number of rotatable bonds is 4. The van der Waals surface area contributed by atoms with Crippen molar-refractivity contribution in [1.82, 2.24) is 14.9 Å². The summed E-state index contributed by atoms with van der Waals surface area (Å²) in [6, 6.07) is 6.07. The number of H-pyrrole nitrogens is 1. The van der Waals surface area contributed by atoms with Crippen molar-refractivity contribution in [3.8, 4) is 0 Å². The zero-order chi connectivity index (χ0) is 15.9. The van der Waals surface area contributed by atoms with Crippen molar-refractivity contribution < 1.29 is 4.79 Å². The van der Waals surface area contributed by atoms with Gasteiger partial charge < -0.3 is 9.88 Å². The Labute approximate surface area is 132 Å². The number of hydrogen-bond acceptors (Lipinski definition) is 4. The third-order valence-corrected chi connectivity index (χ3v) is 3.87. The Hall–Kier alpha value is -1.88. The number of aromatic amines is 1. The van der Waals surface area contributed by atoms with Crippen molar-refractivity contribution >= 4 is 23.0 Å². The standard InChI is InChI=1S/C15H20N4O.C2H6/c1-2-6-18-7-9-19(10-8-18)13-5-3-4-12-15(13)17-14(11-20)16-12;1-2/h3-5,11H,2,6-10H2,1H3,(H,16,17);1-2H3. The van der Waals surface area contributed by atoms with Crippen molar-refractivity contribution in [2.75, 3.05) is 37.6 Å². The first-order chi connectivity index (χ1) is 10.8. The summed E-state index contributed by atoms with van der Waals surface area (Å²) in [6.45, 7) is 11.6. The molecule has 1 fully saturated rings. The molecule has 0 spiro atoms. The molecule has 0 atom stereocenters. The van der Waals surface area contributed by atoms with E-state index < -0.39 is 0 Å². The van der Waals surface area contributed by atoms with Crippen LogP contribution in [-0.4, -0.2) is 53.9 Å². The smallest absolute Gasteiger partial charge is 0.185 e. The third kappa shape index (κ3) is 3.47. The summed E-state index contributed by atoms with van der Waals surface area (Å²) in [5.41, 5.74) is 2.96. The molecule has 1 aromatic heterocycles. The first-order valence-corrected chi connectivity index (χ1v) is 8.23. The Bertz CT molecular complexity index is 600. The fraction of sp³-hybridized carbons (Fsp3) is 0.529. The van der Waals surface area contributed by atoms with E-state index in [-0.39, 0.29) is 0 Å². The summed E-state index contributed by atoms with van der Waals surface area (Å²) in [5.74, 6) is 0.400. The number of imidazole rings is 1. The fourth-order valence-corrected chi connectivity index (χ4v) is 2.88. The van der Waals surface area contributed by atoms with Gasteiger partial charge in [0.25, 0.3) is 0 Å². The second kappa shape index (κ2) is 7.94. The highest BCUT2D eigenvalue weighted by Gasteiger charge is 2.19. The van der Waals surface area contributed by atoms with E-state index in [9.17, 15) is 4.79 Å². The van der Waals surface area contributed by atoms with E-state index in [4.69, 9.17) is 0 Å². The van der Waals surface area contributed by atoms with Gasteiger partial charge in [0.05, 0.1) is 11.2 Å². The lowest BCUT2D eigenvalue weighted by molar-refractivity contribution is 0.111. The van der Waals surface area contributed by atoms with Crippen molar-refractivity contribution in [2.24, 2.45) is 0 Å². The molecule has 0 radical (unpaired) electrons. The number of carbonyl (C=O) groups excluding carboxylic acids is 1. The van der Waals surface area contributed by atoms with Crippen LogP contribution in [0, 0.1) is 0 Å². The highest BCUT2D eigenvalue weighted by Crippen LogP contribution is 2.25. The van der Waals surface area contributed by atoms with Gasteiger partial charge in [-0.15, -0.1) is 0 Å². The zero-order valence-electron chi connectivity index (χ0n) is 13.8. The van der Waals surface area contributed by atoms with Gasteiger partial charge >= 0.3 is 0 Å². The topological polar surface area (TPSA) is 52.2 Å². The number of aldehydes is 1. The number of anilines is 1. The Balaban J connectivity index is 0.000000847. The number of nitrogens with zero attached hydrogens (tertiary/aromatic N) is 3. The molecule has 0 aliphatic carbocycles. The van der Waals surface area contributed by atoms with Crippen LogP contribution in [0.25, 0.3) is 11.0 Å². The van der Waals surface area contributed by atoms with Crippen LogP contribution in [-0.2, 0) is 0 Å². The van der Waals surface area contributed by atoms with Gasteiger partial charge in [0.15, 0.2) is 12.1 Å². The minimum absolute atomic E-state index is 0.400. The Morgan fingerprint density at radius 2 is 1.95 bits per heavy atom. The number of hydrogen-bond donors (Lipinski definition) is 1. The van der Waals surface area contributed by atoms with E-state index >= 15 is 0 Å². The number of nitrogens with one attached hydrogen (secondary N) is 1. The van der Waals surface area contributed by atoms with E-state index in [0.717, 1.165) is 49.2 Å². The molecule has 0 unspecified atom stereocenters. The van der Waals surface area contributed by atoms with Crippen LogP contribution in [0.3, 0.4) is 0 Å². The van der Waals surface area contributed by atoms with E-state index in [2.05, 4.69) is 32.8 Å². The number of aromatic nitrogens is 2. The molecule has 1 aliphatic heterocycles. The van der Waals surface area contributed by atoms with Gasteiger partial charge in [0.2, 0.25) is 0 Å². The van der Waals surface area contributed by atoms with Gasteiger partial charge in [-0.3, -0.25) is 9.69 Å². The minimum atomic E-state index is 0.400. The van der Waals surface area contributed by atoms with E-state index in [1.165, 1.54) is 13.0 Å². The molecule has 0 saturated carbocycles. The summed E-state index contributed by atoms with van der Waals surface area (Å²) in [5, 5.41) is 0. The van der Waals surface area contributed by atoms with Crippen LogP contribution in [0.15, 0.2) is 18.2 Å². The second-order valence-corrected chi connectivity index (χ2v) is 5.24. The Morgan fingerprint density at radius 1 is 1.23 bits per heavy atom. The largest absolute Gasteiger partial charge is 0.367 e. The quantitative estimate of drug-likeness (QED) is 0.882. The van der Waals surface area contributed by atoms with Crippen molar-refractivity contribution in [2.45, 2.75) is 27.2 Å². The second-order valence-electron chi connectivity index (χ2n) is 5.24. The first-order valence-electron chi connectivity index (χ1n) is 8.23. The average molecular weight is 302 g/mol. The number of para-hydroxylation sites is 1. The van der Waals surface area contributed by atoms with Gasteiger partial charge in [-0.05, 0) is 25.1 Å². The predicted octanol–water partition coefficient (Wildman–Crippen LogP) is 2.93. The van der Waals surface area contributed by atoms with Crippen LogP contribution >= 0.6 is 0 Å². The molecule has 120 valence electrons. The van der Waals surface area contributed by atoms with Crippen LogP contribution in [0.5, 0.6) is 0 Å². The maximum atomic E-state index is 10.9. The molecule has 2 heterocycles. The molecule has 0 bridgehead atoms. The summed E-state index contributed by atoms with van der Waals surface area (Å²) in [4.78, 5) is 23.1. The number of carbonyl (C=O) groups is 1. The minimum Gasteiger partial charge on any atom is -0.367 e. The van der Waals surface area contributed by atoms with Crippen LogP contribution in [0.4, 0.5) is 5.69 Å². The van der Waals surface area contributed by atoms with Crippen LogP contribution in [0.1, 0.15) is 37.8 Å². The first kappa shape index (κ1) is 16.5. The molecule has 1 N–H and O–H groups in total. The number of benzene rings is 1. The van der Waals surface area contributed by atoms with E-state index in [1.54, 1.807) is 0 Å². The molecule has 2 aromatic rings. The van der Waals surface area contributed by atoms with Gasteiger partial charge in [-0.2, -0.15) is 0 Å². The van der Waals surface area contributed by atoms with Crippen LogP contribution < -0.4 is 4.90 Å². The maximum absolute atomic E-state index is 10.9. The SMILES string of the molecule is CC.CCCN1CCN(c2cccc3[nH]c(C=O)nc23)CC1. The summed E-state index contributed by atoms with van der Waals surface area (Å²) in [7, 11) is 0. The molecular formula is C17H26N4O. The molecule has 5 heteroatoms.